The fourth-order valence-corrected chi connectivity index (χ4v) is 2.76. The highest BCUT2D eigenvalue weighted by atomic mass is 15.3. The monoisotopic (exact) mass is 277 g/mol. The molecule has 0 bridgehead atoms. The largest absolute Gasteiger partial charge is 0.399 e. The van der Waals surface area contributed by atoms with Crippen LogP contribution in [0.15, 0.2) is 48.7 Å². The van der Waals surface area contributed by atoms with Gasteiger partial charge < -0.3 is 5.73 Å². The van der Waals surface area contributed by atoms with E-state index in [1.807, 2.05) is 52.9 Å². The lowest BCUT2D eigenvalue weighted by molar-refractivity contribution is 0.674. The highest BCUT2D eigenvalue weighted by Gasteiger charge is 2.10. The summed E-state index contributed by atoms with van der Waals surface area (Å²) in [5.74, 6) is 0. The number of anilines is 1. The standard InChI is InChI=1S/C16H15N5/c1-20-15-5-3-2-4-13(15)14(19-20)10-21-16-8-12(17)7-6-11(16)9-18-21/h2-9H,10,17H2,1H3. The van der Waals surface area contributed by atoms with E-state index in [2.05, 4.69) is 22.3 Å². The molecule has 0 aliphatic carbocycles. The van der Waals surface area contributed by atoms with Crippen LogP contribution in [0.25, 0.3) is 21.8 Å². The van der Waals surface area contributed by atoms with Crippen LogP contribution >= 0.6 is 0 Å². The second-order valence-corrected chi connectivity index (χ2v) is 5.21. The normalized spacial score (nSPS) is 11.5. The molecule has 0 aliphatic heterocycles. The first kappa shape index (κ1) is 12.0. The van der Waals surface area contributed by atoms with E-state index in [0.29, 0.717) is 6.54 Å². The first-order chi connectivity index (χ1) is 10.2. The summed E-state index contributed by atoms with van der Waals surface area (Å²) in [5.41, 5.74) is 9.80. The fourth-order valence-electron chi connectivity index (χ4n) is 2.76. The van der Waals surface area contributed by atoms with E-state index >= 15 is 0 Å². The highest BCUT2D eigenvalue weighted by molar-refractivity contribution is 5.83. The number of aromatic nitrogens is 4. The number of benzene rings is 2. The molecule has 0 amide bonds. The molecule has 2 aromatic heterocycles. The first-order valence-corrected chi connectivity index (χ1v) is 6.84. The zero-order valence-corrected chi connectivity index (χ0v) is 11.7. The quantitative estimate of drug-likeness (QED) is 0.573. The summed E-state index contributed by atoms with van der Waals surface area (Å²) in [6, 6.07) is 14.1. The van der Waals surface area contributed by atoms with Gasteiger partial charge in [0.1, 0.15) is 0 Å². The van der Waals surface area contributed by atoms with Gasteiger partial charge in [-0.1, -0.05) is 18.2 Å². The number of aryl methyl sites for hydroxylation is 1. The van der Waals surface area contributed by atoms with Crippen molar-refractivity contribution in [3.05, 3.63) is 54.4 Å². The molecular formula is C16H15N5. The lowest BCUT2D eigenvalue weighted by Gasteiger charge is -2.02. The van der Waals surface area contributed by atoms with Crippen LogP contribution in [0.3, 0.4) is 0 Å². The summed E-state index contributed by atoms with van der Waals surface area (Å²) in [6.45, 7) is 0.633. The van der Waals surface area contributed by atoms with Gasteiger partial charge in [0.05, 0.1) is 29.5 Å². The van der Waals surface area contributed by atoms with Gasteiger partial charge in [-0.3, -0.25) is 9.36 Å². The Morgan fingerprint density at radius 2 is 1.95 bits per heavy atom. The van der Waals surface area contributed by atoms with E-state index in [1.54, 1.807) is 0 Å². The van der Waals surface area contributed by atoms with Crippen molar-refractivity contribution in [2.45, 2.75) is 6.54 Å². The average Bonchev–Trinajstić information content (AvgIpc) is 3.02. The molecule has 2 N–H and O–H groups in total. The highest BCUT2D eigenvalue weighted by Crippen LogP contribution is 2.21. The van der Waals surface area contributed by atoms with Gasteiger partial charge in [-0.2, -0.15) is 10.2 Å². The Hall–Kier alpha value is -2.82. The molecule has 2 aromatic carbocycles. The molecule has 5 heteroatoms. The third kappa shape index (κ3) is 1.86. The molecule has 0 atom stereocenters. The van der Waals surface area contributed by atoms with E-state index in [9.17, 15) is 0 Å². The van der Waals surface area contributed by atoms with Crippen LogP contribution in [-0.4, -0.2) is 19.6 Å². The topological polar surface area (TPSA) is 61.7 Å². The van der Waals surface area contributed by atoms with Crippen LogP contribution in [0, 0.1) is 0 Å². The smallest absolute Gasteiger partial charge is 0.0918 e. The molecule has 0 fully saturated rings. The van der Waals surface area contributed by atoms with Crippen LogP contribution in [-0.2, 0) is 13.6 Å². The van der Waals surface area contributed by atoms with Gasteiger partial charge in [-0.15, -0.1) is 0 Å². The minimum atomic E-state index is 0.633. The van der Waals surface area contributed by atoms with Gasteiger partial charge in [0.25, 0.3) is 0 Å². The molecule has 0 unspecified atom stereocenters. The maximum absolute atomic E-state index is 5.88. The summed E-state index contributed by atoms with van der Waals surface area (Å²) < 4.78 is 3.85. The summed E-state index contributed by atoms with van der Waals surface area (Å²) >= 11 is 0. The summed E-state index contributed by atoms with van der Waals surface area (Å²) in [7, 11) is 1.96. The number of nitrogens with two attached hydrogens (primary N) is 1. The Morgan fingerprint density at radius 3 is 2.86 bits per heavy atom. The lowest BCUT2D eigenvalue weighted by atomic mass is 10.2. The van der Waals surface area contributed by atoms with Crippen molar-refractivity contribution in [2.75, 3.05) is 5.73 Å². The fraction of sp³-hybridized carbons (Fsp3) is 0.125. The predicted molar refractivity (Wildman–Crippen MR) is 84.0 cm³/mol. The number of rotatable bonds is 2. The molecule has 5 nitrogen and oxygen atoms in total. The number of hydrogen-bond acceptors (Lipinski definition) is 3. The van der Waals surface area contributed by atoms with Gasteiger partial charge in [-0.05, 0) is 24.3 Å². The van der Waals surface area contributed by atoms with Crippen LogP contribution in [0.1, 0.15) is 5.69 Å². The zero-order chi connectivity index (χ0) is 14.4. The molecule has 4 rings (SSSR count). The van der Waals surface area contributed by atoms with Crippen molar-refractivity contribution in [1.29, 1.82) is 0 Å². The van der Waals surface area contributed by atoms with Crippen molar-refractivity contribution >= 4 is 27.5 Å². The maximum atomic E-state index is 5.88. The maximum Gasteiger partial charge on any atom is 0.0918 e. The van der Waals surface area contributed by atoms with Crippen molar-refractivity contribution in [2.24, 2.45) is 7.05 Å². The third-order valence-electron chi connectivity index (χ3n) is 3.80. The number of para-hydroxylation sites is 1. The molecule has 0 spiro atoms. The van der Waals surface area contributed by atoms with Gasteiger partial charge in [0.2, 0.25) is 0 Å². The molecule has 104 valence electrons. The van der Waals surface area contributed by atoms with E-state index in [1.165, 1.54) is 0 Å². The predicted octanol–water partition coefficient (Wildman–Crippen LogP) is 2.55. The molecule has 21 heavy (non-hydrogen) atoms. The van der Waals surface area contributed by atoms with Gasteiger partial charge in [0, 0.05) is 23.5 Å². The van der Waals surface area contributed by atoms with E-state index < -0.39 is 0 Å². The Labute approximate surface area is 121 Å². The molecule has 2 heterocycles. The number of nitrogens with zero attached hydrogens (tertiary/aromatic N) is 4. The Balaban J connectivity index is 1.85. The summed E-state index contributed by atoms with van der Waals surface area (Å²) in [6.07, 6.45) is 1.86. The van der Waals surface area contributed by atoms with Crippen LogP contribution in [0.5, 0.6) is 0 Å². The second-order valence-electron chi connectivity index (χ2n) is 5.21. The van der Waals surface area contributed by atoms with Gasteiger partial charge in [0.15, 0.2) is 0 Å². The Morgan fingerprint density at radius 1 is 1.10 bits per heavy atom. The van der Waals surface area contributed by atoms with E-state index in [-0.39, 0.29) is 0 Å². The minimum Gasteiger partial charge on any atom is -0.399 e. The SMILES string of the molecule is Cn1nc(Cn2ncc3ccc(N)cc32)c2ccccc21. The number of fused-ring (bicyclic) bond motifs is 2. The van der Waals surface area contributed by atoms with Crippen molar-refractivity contribution in [3.8, 4) is 0 Å². The number of hydrogen-bond donors (Lipinski definition) is 1. The molecule has 4 aromatic rings. The van der Waals surface area contributed by atoms with Gasteiger partial charge in [-0.25, -0.2) is 0 Å². The van der Waals surface area contributed by atoms with Crippen LogP contribution in [0.4, 0.5) is 5.69 Å². The van der Waals surface area contributed by atoms with Gasteiger partial charge >= 0.3 is 0 Å². The van der Waals surface area contributed by atoms with E-state index in [0.717, 1.165) is 33.2 Å². The van der Waals surface area contributed by atoms with Crippen LogP contribution < -0.4 is 5.73 Å². The molecule has 0 saturated heterocycles. The van der Waals surface area contributed by atoms with Crippen molar-refractivity contribution < 1.29 is 0 Å². The molecule has 0 aliphatic rings. The van der Waals surface area contributed by atoms with Crippen LogP contribution in [0.2, 0.25) is 0 Å². The second kappa shape index (κ2) is 4.34. The Bertz CT molecular complexity index is 948. The first-order valence-electron chi connectivity index (χ1n) is 6.84. The average molecular weight is 277 g/mol. The summed E-state index contributed by atoms with van der Waals surface area (Å²) in [5, 5.41) is 11.3. The van der Waals surface area contributed by atoms with E-state index in [4.69, 9.17) is 5.73 Å². The molecule has 0 radical (unpaired) electrons. The van der Waals surface area contributed by atoms with Crippen molar-refractivity contribution in [3.63, 3.8) is 0 Å². The minimum absolute atomic E-state index is 0.633. The third-order valence-corrected chi connectivity index (χ3v) is 3.80. The number of nitrogen functional groups attached to an aromatic ring is 1. The molecule has 0 saturated carbocycles. The molecular weight excluding hydrogens is 262 g/mol. The Kier molecular flexibility index (Phi) is 2.47. The lowest BCUT2D eigenvalue weighted by Crippen LogP contribution is -2.03. The zero-order valence-electron chi connectivity index (χ0n) is 11.7. The van der Waals surface area contributed by atoms with Crippen molar-refractivity contribution in [1.82, 2.24) is 19.6 Å². The summed E-state index contributed by atoms with van der Waals surface area (Å²) in [4.78, 5) is 0.